The highest BCUT2D eigenvalue weighted by molar-refractivity contribution is 5.93. The lowest BCUT2D eigenvalue weighted by molar-refractivity contribution is -0.146. The molecule has 0 atom stereocenters. The van der Waals surface area contributed by atoms with Crippen molar-refractivity contribution < 1.29 is 19.1 Å². The van der Waals surface area contributed by atoms with E-state index >= 15 is 0 Å². The molecular formula is C19H34O4. The summed E-state index contributed by atoms with van der Waals surface area (Å²) >= 11 is 0. The van der Waals surface area contributed by atoms with Gasteiger partial charge in [-0.2, -0.15) is 0 Å². The Bertz CT molecular complexity index is 336. The molecule has 0 heterocycles. The van der Waals surface area contributed by atoms with Gasteiger partial charge in [-0.25, -0.2) is 4.79 Å². The fourth-order valence-electron chi connectivity index (χ4n) is 2.16. The van der Waals surface area contributed by atoms with Gasteiger partial charge in [-0.1, -0.05) is 71.8 Å². The molecule has 0 spiro atoms. The van der Waals surface area contributed by atoms with Crippen LogP contribution in [0.15, 0.2) is 12.2 Å². The summed E-state index contributed by atoms with van der Waals surface area (Å²) in [6.07, 6.45) is 11.0. The third-order valence-electron chi connectivity index (χ3n) is 3.64. The first-order chi connectivity index (χ1) is 11.1. The molecule has 0 aliphatic rings. The molecular weight excluding hydrogens is 292 g/mol. The van der Waals surface area contributed by atoms with Crippen molar-refractivity contribution in [3.8, 4) is 0 Å². The van der Waals surface area contributed by atoms with Gasteiger partial charge in [0.25, 0.3) is 0 Å². The van der Waals surface area contributed by atoms with Crippen molar-refractivity contribution in [2.24, 2.45) is 0 Å². The number of esters is 2. The van der Waals surface area contributed by atoms with Crippen molar-refractivity contribution in [1.29, 1.82) is 0 Å². The first kappa shape index (κ1) is 21.7. The molecule has 0 amide bonds. The standard InChI is InChI=1S/C19H34O4/c1-4-6-8-10-11-13-15-23-19(21)17(3)16-18(20)22-14-12-9-7-5-2/h3-16H2,1-2H3. The molecule has 0 aromatic heterocycles. The van der Waals surface area contributed by atoms with E-state index in [0.717, 1.165) is 38.5 Å². The summed E-state index contributed by atoms with van der Waals surface area (Å²) in [6.45, 7) is 8.75. The molecule has 0 rings (SSSR count). The van der Waals surface area contributed by atoms with E-state index in [2.05, 4.69) is 20.4 Å². The van der Waals surface area contributed by atoms with E-state index in [1.165, 1.54) is 25.7 Å². The summed E-state index contributed by atoms with van der Waals surface area (Å²) in [5.74, 6) is -0.885. The summed E-state index contributed by atoms with van der Waals surface area (Å²) in [5, 5.41) is 0. The molecule has 0 saturated carbocycles. The van der Waals surface area contributed by atoms with Gasteiger partial charge >= 0.3 is 11.9 Å². The Morgan fingerprint density at radius 3 is 1.83 bits per heavy atom. The van der Waals surface area contributed by atoms with Crippen LogP contribution in [-0.2, 0) is 19.1 Å². The SMILES string of the molecule is C=C(CC(=O)OCCCCCC)C(=O)OCCCCCCCC. The van der Waals surface area contributed by atoms with E-state index in [1.807, 2.05) is 0 Å². The Balaban J connectivity index is 3.60. The van der Waals surface area contributed by atoms with E-state index in [4.69, 9.17) is 9.47 Å². The Hall–Kier alpha value is -1.32. The second-order valence-corrected chi connectivity index (χ2v) is 5.97. The van der Waals surface area contributed by atoms with Crippen molar-refractivity contribution in [2.45, 2.75) is 84.5 Å². The monoisotopic (exact) mass is 326 g/mol. The average Bonchev–Trinajstić information content (AvgIpc) is 2.53. The van der Waals surface area contributed by atoms with Gasteiger partial charge < -0.3 is 9.47 Å². The highest BCUT2D eigenvalue weighted by atomic mass is 16.5. The normalized spacial score (nSPS) is 10.3. The topological polar surface area (TPSA) is 52.6 Å². The lowest BCUT2D eigenvalue weighted by Gasteiger charge is -2.08. The van der Waals surface area contributed by atoms with Crippen LogP contribution in [0.2, 0.25) is 0 Å². The summed E-state index contributed by atoms with van der Waals surface area (Å²) in [7, 11) is 0. The van der Waals surface area contributed by atoms with Crippen LogP contribution < -0.4 is 0 Å². The first-order valence-corrected chi connectivity index (χ1v) is 9.12. The maximum atomic E-state index is 11.7. The third-order valence-corrected chi connectivity index (χ3v) is 3.64. The zero-order valence-electron chi connectivity index (χ0n) is 15.0. The predicted octanol–water partition coefficient (Wildman–Crippen LogP) is 4.96. The van der Waals surface area contributed by atoms with Gasteiger partial charge in [0.05, 0.1) is 19.6 Å². The van der Waals surface area contributed by atoms with Gasteiger partial charge in [0.1, 0.15) is 0 Å². The van der Waals surface area contributed by atoms with E-state index in [0.29, 0.717) is 13.2 Å². The van der Waals surface area contributed by atoms with Crippen LogP contribution >= 0.6 is 0 Å². The molecule has 0 fully saturated rings. The zero-order chi connectivity index (χ0) is 17.3. The number of hydrogen-bond acceptors (Lipinski definition) is 4. The number of rotatable bonds is 15. The quantitative estimate of drug-likeness (QED) is 0.242. The van der Waals surface area contributed by atoms with E-state index in [1.54, 1.807) is 0 Å². The Labute approximate surface area is 141 Å². The van der Waals surface area contributed by atoms with Crippen molar-refractivity contribution in [2.75, 3.05) is 13.2 Å². The van der Waals surface area contributed by atoms with E-state index in [-0.39, 0.29) is 12.0 Å². The van der Waals surface area contributed by atoms with Crippen molar-refractivity contribution in [3.63, 3.8) is 0 Å². The van der Waals surface area contributed by atoms with Crippen LogP contribution in [0, 0.1) is 0 Å². The third kappa shape index (κ3) is 14.0. The minimum Gasteiger partial charge on any atom is -0.465 e. The maximum absolute atomic E-state index is 11.7. The summed E-state index contributed by atoms with van der Waals surface area (Å²) in [4.78, 5) is 23.3. The van der Waals surface area contributed by atoms with Crippen molar-refractivity contribution in [1.82, 2.24) is 0 Å². The molecule has 0 aromatic carbocycles. The van der Waals surface area contributed by atoms with E-state index < -0.39 is 11.9 Å². The van der Waals surface area contributed by atoms with Crippen LogP contribution in [0.4, 0.5) is 0 Å². The van der Waals surface area contributed by atoms with Gasteiger partial charge in [0.15, 0.2) is 0 Å². The van der Waals surface area contributed by atoms with Crippen molar-refractivity contribution >= 4 is 11.9 Å². The smallest absolute Gasteiger partial charge is 0.333 e. The largest absolute Gasteiger partial charge is 0.465 e. The minimum absolute atomic E-state index is 0.0802. The van der Waals surface area contributed by atoms with E-state index in [9.17, 15) is 9.59 Å². The molecule has 0 aliphatic heterocycles. The Morgan fingerprint density at radius 2 is 1.22 bits per heavy atom. The molecule has 134 valence electrons. The molecule has 0 unspecified atom stereocenters. The van der Waals surface area contributed by atoms with Gasteiger partial charge in [-0.3, -0.25) is 4.79 Å². The maximum Gasteiger partial charge on any atom is 0.333 e. The number of carbonyl (C=O) groups excluding carboxylic acids is 2. The molecule has 23 heavy (non-hydrogen) atoms. The highest BCUT2D eigenvalue weighted by Crippen LogP contribution is 2.08. The average molecular weight is 326 g/mol. The second kappa shape index (κ2) is 15.6. The zero-order valence-corrected chi connectivity index (χ0v) is 15.0. The molecule has 0 radical (unpaired) electrons. The van der Waals surface area contributed by atoms with Gasteiger partial charge in [-0.15, -0.1) is 0 Å². The number of unbranched alkanes of at least 4 members (excludes halogenated alkanes) is 8. The van der Waals surface area contributed by atoms with Gasteiger partial charge in [0.2, 0.25) is 0 Å². The first-order valence-electron chi connectivity index (χ1n) is 9.12. The van der Waals surface area contributed by atoms with Crippen molar-refractivity contribution in [3.05, 3.63) is 12.2 Å². The molecule has 0 N–H and O–H groups in total. The van der Waals surface area contributed by atoms with Crippen LogP contribution in [0.25, 0.3) is 0 Å². The predicted molar refractivity (Wildman–Crippen MR) is 93.2 cm³/mol. The number of carbonyl (C=O) groups is 2. The van der Waals surface area contributed by atoms with Crippen LogP contribution in [-0.4, -0.2) is 25.2 Å². The second-order valence-electron chi connectivity index (χ2n) is 5.97. The van der Waals surface area contributed by atoms with Crippen LogP contribution in [0.5, 0.6) is 0 Å². The Kier molecular flexibility index (Phi) is 14.7. The molecule has 4 heteroatoms. The molecule has 4 nitrogen and oxygen atoms in total. The minimum atomic E-state index is -0.485. The molecule has 0 aromatic rings. The molecule has 0 aliphatic carbocycles. The van der Waals surface area contributed by atoms with Crippen LogP contribution in [0.3, 0.4) is 0 Å². The number of hydrogen-bond donors (Lipinski definition) is 0. The lowest BCUT2D eigenvalue weighted by atomic mass is 10.1. The van der Waals surface area contributed by atoms with Crippen LogP contribution in [0.1, 0.15) is 84.5 Å². The fraction of sp³-hybridized carbons (Fsp3) is 0.789. The number of ether oxygens (including phenoxy) is 2. The summed E-state index contributed by atoms with van der Waals surface area (Å²) in [5.41, 5.74) is 0.176. The summed E-state index contributed by atoms with van der Waals surface area (Å²) in [6, 6.07) is 0. The fourth-order valence-corrected chi connectivity index (χ4v) is 2.16. The highest BCUT2D eigenvalue weighted by Gasteiger charge is 2.13. The molecule has 0 saturated heterocycles. The Morgan fingerprint density at radius 1 is 0.739 bits per heavy atom. The summed E-state index contributed by atoms with van der Waals surface area (Å²) < 4.78 is 10.2. The van der Waals surface area contributed by atoms with Gasteiger partial charge in [0, 0.05) is 5.57 Å². The molecule has 0 bridgehead atoms. The van der Waals surface area contributed by atoms with Gasteiger partial charge in [-0.05, 0) is 12.8 Å². The lowest BCUT2D eigenvalue weighted by Crippen LogP contribution is -2.14.